The SMILES string of the molecule is CCOc1ccc2ccccc2c1C(=O)N(CCN(CC)CC)c1nc2c(OC)ccc(OC)c2s1. The van der Waals surface area contributed by atoms with Gasteiger partial charge in [0.15, 0.2) is 5.13 Å². The molecule has 0 atom stereocenters. The van der Waals surface area contributed by atoms with Crippen LogP contribution in [-0.4, -0.2) is 62.8 Å². The molecule has 0 aliphatic rings. The minimum Gasteiger partial charge on any atom is -0.495 e. The monoisotopic (exact) mass is 507 g/mol. The van der Waals surface area contributed by atoms with Crippen LogP contribution >= 0.6 is 11.3 Å². The van der Waals surface area contributed by atoms with Crippen LogP contribution in [0.5, 0.6) is 17.2 Å². The predicted octanol–water partition coefficient (Wildman–Crippen LogP) is 5.85. The van der Waals surface area contributed by atoms with E-state index in [0.29, 0.717) is 46.6 Å². The third-order valence-electron chi connectivity index (χ3n) is 6.31. The summed E-state index contributed by atoms with van der Waals surface area (Å²) in [5, 5.41) is 2.44. The molecule has 0 N–H and O–H groups in total. The minimum atomic E-state index is -0.139. The summed E-state index contributed by atoms with van der Waals surface area (Å²) in [7, 11) is 3.25. The third kappa shape index (κ3) is 4.96. The Balaban J connectivity index is 1.88. The molecular formula is C28H33N3O4S. The van der Waals surface area contributed by atoms with Crippen LogP contribution < -0.4 is 19.1 Å². The summed E-state index contributed by atoms with van der Waals surface area (Å²) in [5.41, 5.74) is 1.23. The topological polar surface area (TPSA) is 64.1 Å². The van der Waals surface area contributed by atoms with Crippen molar-refractivity contribution in [2.75, 3.05) is 51.9 Å². The van der Waals surface area contributed by atoms with Crippen LogP contribution in [0, 0.1) is 0 Å². The molecule has 4 rings (SSSR count). The number of methoxy groups -OCH3 is 2. The Morgan fingerprint density at radius 2 is 1.58 bits per heavy atom. The first kappa shape index (κ1) is 25.7. The predicted molar refractivity (Wildman–Crippen MR) is 147 cm³/mol. The van der Waals surface area contributed by atoms with Crippen molar-refractivity contribution in [3.05, 3.63) is 54.1 Å². The molecule has 3 aromatic carbocycles. The van der Waals surface area contributed by atoms with E-state index in [1.807, 2.05) is 55.5 Å². The van der Waals surface area contributed by atoms with E-state index in [1.54, 1.807) is 19.1 Å². The minimum absolute atomic E-state index is 0.139. The van der Waals surface area contributed by atoms with Crippen molar-refractivity contribution in [2.24, 2.45) is 0 Å². The van der Waals surface area contributed by atoms with Crippen LogP contribution in [0.4, 0.5) is 5.13 Å². The molecule has 8 heteroatoms. The number of thiazole rings is 1. The number of amides is 1. The lowest BCUT2D eigenvalue weighted by atomic mass is 10.0. The van der Waals surface area contributed by atoms with Gasteiger partial charge in [0, 0.05) is 13.1 Å². The number of carbonyl (C=O) groups is 1. The second kappa shape index (κ2) is 11.6. The number of ether oxygens (including phenoxy) is 3. The van der Waals surface area contributed by atoms with Crippen LogP contribution in [0.25, 0.3) is 21.0 Å². The molecule has 0 saturated heterocycles. The van der Waals surface area contributed by atoms with Gasteiger partial charge >= 0.3 is 0 Å². The van der Waals surface area contributed by atoms with E-state index in [-0.39, 0.29) is 5.91 Å². The summed E-state index contributed by atoms with van der Waals surface area (Å²) in [6, 6.07) is 15.5. The summed E-state index contributed by atoms with van der Waals surface area (Å²) in [5.74, 6) is 1.78. The standard InChI is InChI=1S/C28H33N3O4S/c1-6-30(7-2)17-18-31(28-29-25-22(33-4)15-16-23(34-5)26(25)36-28)27(32)24-20-12-10-9-11-19(20)13-14-21(24)35-8-3/h9-16H,6-8,17-18H2,1-5H3. The van der Waals surface area contributed by atoms with Crippen LogP contribution in [0.3, 0.4) is 0 Å². The van der Waals surface area contributed by atoms with E-state index >= 15 is 0 Å². The fourth-order valence-corrected chi connectivity index (χ4v) is 5.44. The Labute approximate surface area is 216 Å². The molecule has 1 aromatic heterocycles. The maximum Gasteiger partial charge on any atom is 0.264 e. The number of hydrogen-bond donors (Lipinski definition) is 0. The molecule has 0 saturated carbocycles. The molecule has 0 fully saturated rings. The zero-order chi connectivity index (χ0) is 25.7. The number of rotatable bonds is 11. The van der Waals surface area contributed by atoms with Gasteiger partial charge in [-0.2, -0.15) is 0 Å². The summed E-state index contributed by atoms with van der Waals surface area (Å²) in [4.78, 5) is 23.3. The summed E-state index contributed by atoms with van der Waals surface area (Å²) < 4.78 is 17.9. The summed E-state index contributed by atoms with van der Waals surface area (Å²) >= 11 is 1.43. The Bertz CT molecular complexity index is 1310. The molecule has 7 nitrogen and oxygen atoms in total. The highest BCUT2D eigenvalue weighted by molar-refractivity contribution is 7.22. The van der Waals surface area contributed by atoms with E-state index in [2.05, 4.69) is 18.7 Å². The average molecular weight is 508 g/mol. The number of carbonyl (C=O) groups excluding carboxylic acids is 1. The van der Waals surface area contributed by atoms with Gasteiger partial charge in [-0.3, -0.25) is 9.69 Å². The van der Waals surface area contributed by atoms with Gasteiger partial charge < -0.3 is 19.1 Å². The van der Waals surface area contributed by atoms with E-state index in [1.165, 1.54) is 11.3 Å². The van der Waals surface area contributed by atoms with Crippen molar-refractivity contribution in [1.82, 2.24) is 9.88 Å². The normalized spacial score (nSPS) is 11.3. The quantitative estimate of drug-likeness (QED) is 0.254. The Morgan fingerprint density at radius 1 is 0.889 bits per heavy atom. The fraction of sp³-hybridized carbons (Fsp3) is 0.357. The molecule has 36 heavy (non-hydrogen) atoms. The lowest BCUT2D eigenvalue weighted by Crippen LogP contribution is -2.39. The summed E-state index contributed by atoms with van der Waals surface area (Å²) in [6.45, 7) is 9.65. The van der Waals surface area contributed by atoms with Gasteiger partial charge in [-0.15, -0.1) is 0 Å². The number of hydrogen-bond acceptors (Lipinski definition) is 7. The lowest BCUT2D eigenvalue weighted by molar-refractivity contribution is 0.0982. The molecule has 1 heterocycles. The Hall–Kier alpha value is -3.36. The van der Waals surface area contributed by atoms with Crippen molar-refractivity contribution >= 4 is 43.4 Å². The van der Waals surface area contributed by atoms with Crippen molar-refractivity contribution in [3.8, 4) is 17.2 Å². The molecule has 4 aromatic rings. The van der Waals surface area contributed by atoms with Gasteiger partial charge in [-0.05, 0) is 49.0 Å². The number of likely N-dealkylation sites (N-methyl/N-ethyl adjacent to an activating group) is 1. The first-order valence-electron chi connectivity index (χ1n) is 12.3. The Kier molecular flexibility index (Phi) is 8.28. The van der Waals surface area contributed by atoms with Gasteiger partial charge in [0.05, 0.1) is 26.4 Å². The average Bonchev–Trinajstić information content (AvgIpc) is 3.35. The number of fused-ring (bicyclic) bond motifs is 2. The molecule has 0 radical (unpaired) electrons. The molecule has 190 valence electrons. The van der Waals surface area contributed by atoms with Crippen molar-refractivity contribution in [3.63, 3.8) is 0 Å². The molecule has 1 amide bonds. The zero-order valence-corrected chi connectivity index (χ0v) is 22.4. The van der Waals surface area contributed by atoms with Crippen molar-refractivity contribution < 1.29 is 19.0 Å². The van der Waals surface area contributed by atoms with Crippen LogP contribution in [0.1, 0.15) is 31.1 Å². The van der Waals surface area contributed by atoms with E-state index in [9.17, 15) is 4.79 Å². The van der Waals surface area contributed by atoms with Gasteiger partial charge in [-0.25, -0.2) is 4.98 Å². The van der Waals surface area contributed by atoms with Crippen LogP contribution in [0.15, 0.2) is 48.5 Å². The molecule has 0 bridgehead atoms. The van der Waals surface area contributed by atoms with E-state index in [0.717, 1.165) is 35.1 Å². The molecule has 0 aliphatic heterocycles. The van der Waals surface area contributed by atoms with Gasteiger partial charge in [0.25, 0.3) is 5.91 Å². The highest BCUT2D eigenvalue weighted by atomic mass is 32.1. The maximum atomic E-state index is 14.4. The largest absolute Gasteiger partial charge is 0.495 e. The Morgan fingerprint density at radius 3 is 2.28 bits per heavy atom. The smallest absolute Gasteiger partial charge is 0.264 e. The number of benzene rings is 3. The van der Waals surface area contributed by atoms with Gasteiger partial charge in [-0.1, -0.05) is 55.5 Å². The third-order valence-corrected chi connectivity index (χ3v) is 7.41. The molecule has 0 aliphatic carbocycles. The highest BCUT2D eigenvalue weighted by Crippen LogP contribution is 2.41. The second-order valence-electron chi connectivity index (χ2n) is 8.22. The van der Waals surface area contributed by atoms with Crippen molar-refractivity contribution in [2.45, 2.75) is 20.8 Å². The zero-order valence-electron chi connectivity index (χ0n) is 21.5. The first-order valence-corrected chi connectivity index (χ1v) is 13.1. The second-order valence-corrected chi connectivity index (χ2v) is 9.20. The molecule has 0 spiro atoms. The number of aromatic nitrogens is 1. The maximum absolute atomic E-state index is 14.4. The first-order chi connectivity index (χ1) is 17.6. The lowest BCUT2D eigenvalue weighted by Gasteiger charge is -2.26. The fourth-order valence-electron chi connectivity index (χ4n) is 4.34. The van der Waals surface area contributed by atoms with Gasteiger partial charge in [0.2, 0.25) is 0 Å². The van der Waals surface area contributed by atoms with Crippen molar-refractivity contribution in [1.29, 1.82) is 0 Å². The van der Waals surface area contributed by atoms with Gasteiger partial charge in [0.1, 0.15) is 27.5 Å². The van der Waals surface area contributed by atoms with E-state index < -0.39 is 0 Å². The number of anilines is 1. The van der Waals surface area contributed by atoms with Crippen LogP contribution in [-0.2, 0) is 0 Å². The highest BCUT2D eigenvalue weighted by Gasteiger charge is 2.27. The number of nitrogens with zero attached hydrogens (tertiary/aromatic N) is 3. The summed E-state index contributed by atoms with van der Waals surface area (Å²) in [6.07, 6.45) is 0. The van der Waals surface area contributed by atoms with Crippen LogP contribution in [0.2, 0.25) is 0 Å². The molecule has 0 unspecified atom stereocenters. The van der Waals surface area contributed by atoms with E-state index in [4.69, 9.17) is 19.2 Å². The molecular weight excluding hydrogens is 474 g/mol.